The minimum absolute atomic E-state index is 0.00783. The van der Waals surface area contributed by atoms with Gasteiger partial charge in [0.1, 0.15) is 12.1 Å². The van der Waals surface area contributed by atoms with Gasteiger partial charge < -0.3 is 15.0 Å². The van der Waals surface area contributed by atoms with Gasteiger partial charge >= 0.3 is 6.09 Å². The van der Waals surface area contributed by atoms with Gasteiger partial charge in [0, 0.05) is 6.54 Å². The summed E-state index contributed by atoms with van der Waals surface area (Å²) in [6, 6.07) is 1.13. The van der Waals surface area contributed by atoms with E-state index in [0.717, 1.165) is 12.8 Å². The molecule has 106 valence electrons. The molecule has 0 aliphatic carbocycles. The van der Waals surface area contributed by atoms with Crippen molar-refractivity contribution >= 4 is 12.0 Å². The van der Waals surface area contributed by atoms with Crippen LogP contribution in [0, 0.1) is 17.2 Å². The van der Waals surface area contributed by atoms with E-state index in [1.54, 1.807) is 4.90 Å². The van der Waals surface area contributed by atoms with Crippen LogP contribution in [0.4, 0.5) is 4.79 Å². The zero-order chi connectivity index (χ0) is 14.4. The zero-order valence-corrected chi connectivity index (χ0v) is 11.7. The second kappa shape index (κ2) is 6.98. The van der Waals surface area contributed by atoms with E-state index in [9.17, 15) is 9.59 Å². The first-order chi connectivity index (χ1) is 9.04. The summed E-state index contributed by atoms with van der Waals surface area (Å²) in [5.41, 5.74) is 0. The molecule has 0 radical (unpaired) electrons. The van der Waals surface area contributed by atoms with Crippen LogP contribution in [0.1, 0.15) is 33.1 Å². The molecule has 1 fully saturated rings. The first-order valence-corrected chi connectivity index (χ1v) is 6.59. The summed E-state index contributed by atoms with van der Waals surface area (Å²) in [6.45, 7) is 4.43. The number of nitriles is 1. The highest BCUT2D eigenvalue weighted by atomic mass is 16.5. The second-order valence-electron chi connectivity index (χ2n) is 4.82. The van der Waals surface area contributed by atoms with Gasteiger partial charge in [0.2, 0.25) is 5.91 Å². The Morgan fingerprint density at radius 2 is 2.26 bits per heavy atom. The quantitative estimate of drug-likeness (QED) is 0.831. The number of methoxy groups -OCH3 is 1. The number of carbonyl (C=O) groups is 2. The molecule has 3 unspecified atom stereocenters. The van der Waals surface area contributed by atoms with Crippen molar-refractivity contribution in [2.75, 3.05) is 13.7 Å². The first kappa shape index (κ1) is 15.3. The van der Waals surface area contributed by atoms with Crippen LogP contribution in [-0.2, 0) is 9.53 Å². The highest BCUT2D eigenvalue weighted by Gasteiger charge is 2.36. The van der Waals surface area contributed by atoms with E-state index in [-0.39, 0.29) is 17.9 Å². The monoisotopic (exact) mass is 267 g/mol. The van der Waals surface area contributed by atoms with E-state index >= 15 is 0 Å². The molecule has 6 heteroatoms. The molecule has 0 aromatic rings. The lowest BCUT2D eigenvalue weighted by molar-refractivity contribution is -0.134. The predicted octanol–water partition coefficient (Wildman–Crippen LogP) is 1.27. The fourth-order valence-corrected chi connectivity index (χ4v) is 2.21. The molecule has 1 aliphatic rings. The first-order valence-electron chi connectivity index (χ1n) is 6.59. The molecule has 1 aliphatic heterocycles. The topological polar surface area (TPSA) is 82.4 Å². The maximum absolute atomic E-state index is 12.5. The van der Waals surface area contributed by atoms with Gasteiger partial charge in [-0.05, 0) is 18.8 Å². The SMILES string of the molecule is CCC(C)C(NC(=O)OC)C(=O)N1CCCC1C#N. The number of nitrogens with zero attached hydrogens (tertiary/aromatic N) is 2. The molecule has 1 heterocycles. The van der Waals surface area contributed by atoms with E-state index in [1.807, 2.05) is 13.8 Å². The Bertz CT molecular complexity index is 378. The number of hydrogen-bond acceptors (Lipinski definition) is 4. The van der Waals surface area contributed by atoms with Crippen LogP contribution in [0.25, 0.3) is 0 Å². The van der Waals surface area contributed by atoms with E-state index < -0.39 is 12.1 Å². The number of carbonyl (C=O) groups excluding carboxylic acids is 2. The van der Waals surface area contributed by atoms with Gasteiger partial charge in [-0.1, -0.05) is 20.3 Å². The number of nitrogens with one attached hydrogen (secondary N) is 1. The third-order valence-electron chi connectivity index (χ3n) is 3.62. The average Bonchev–Trinajstić information content (AvgIpc) is 2.91. The van der Waals surface area contributed by atoms with Crippen molar-refractivity contribution in [3.63, 3.8) is 0 Å². The van der Waals surface area contributed by atoms with E-state index in [4.69, 9.17) is 5.26 Å². The Morgan fingerprint density at radius 3 is 2.79 bits per heavy atom. The summed E-state index contributed by atoms with van der Waals surface area (Å²) in [7, 11) is 1.27. The second-order valence-corrected chi connectivity index (χ2v) is 4.82. The Hall–Kier alpha value is -1.77. The molecular formula is C13H21N3O3. The smallest absolute Gasteiger partial charge is 0.407 e. The maximum Gasteiger partial charge on any atom is 0.407 e. The van der Waals surface area contributed by atoms with Gasteiger partial charge in [0.25, 0.3) is 0 Å². The third-order valence-corrected chi connectivity index (χ3v) is 3.62. The van der Waals surface area contributed by atoms with Gasteiger partial charge in [-0.2, -0.15) is 5.26 Å². The van der Waals surface area contributed by atoms with Gasteiger partial charge in [-0.3, -0.25) is 4.79 Å². The molecule has 0 spiro atoms. The number of ether oxygens (including phenoxy) is 1. The molecular weight excluding hydrogens is 246 g/mol. The Labute approximate surface area is 113 Å². The van der Waals surface area contributed by atoms with Gasteiger partial charge in [-0.25, -0.2) is 4.79 Å². The minimum Gasteiger partial charge on any atom is -0.453 e. The molecule has 2 amide bonds. The molecule has 19 heavy (non-hydrogen) atoms. The average molecular weight is 267 g/mol. The highest BCUT2D eigenvalue weighted by Crippen LogP contribution is 2.20. The van der Waals surface area contributed by atoms with Crippen LogP contribution in [0.2, 0.25) is 0 Å². The number of hydrogen-bond donors (Lipinski definition) is 1. The maximum atomic E-state index is 12.5. The lowest BCUT2D eigenvalue weighted by Gasteiger charge is -2.29. The fraction of sp³-hybridized carbons (Fsp3) is 0.769. The normalized spacial score (nSPS) is 21.4. The van der Waals surface area contributed by atoms with Crippen LogP contribution in [0.15, 0.2) is 0 Å². The number of alkyl carbamates (subject to hydrolysis) is 1. The minimum atomic E-state index is -0.633. The van der Waals surface area contributed by atoms with Crippen molar-refractivity contribution in [2.24, 2.45) is 5.92 Å². The number of amides is 2. The van der Waals surface area contributed by atoms with Gasteiger partial charge in [0.15, 0.2) is 0 Å². The Morgan fingerprint density at radius 1 is 1.58 bits per heavy atom. The molecule has 0 bridgehead atoms. The summed E-state index contributed by atoms with van der Waals surface area (Å²) in [6.07, 6.45) is 1.67. The molecule has 1 saturated heterocycles. The molecule has 1 rings (SSSR count). The van der Waals surface area contributed by atoms with Crippen LogP contribution >= 0.6 is 0 Å². The van der Waals surface area contributed by atoms with Crippen molar-refractivity contribution in [2.45, 2.75) is 45.2 Å². The van der Waals surface area contributed by atoms with Crippen molar-refractivity contribution in [3.8, 4) is 6.07 Å². The van der Waals surface area contributed by atoms with Crippen molar-refractivity contribution in [3.05, 3.63) is 0 Å². The summed E-state index contributed by atoms with van der Waals surface area (Å²) in [5.74, 6) is -0.199. The Balaban J connectivity index is 2.82. The lowest BCUT2D eigenvalue weighted by Crippen LogP contribution is -2.52. The van der Waals surface area contributed by atoms with Crippen molar-refractivity contribution in [1.29, 1.82) is 5.26 Å². The van der Waals surface area contributed by atoms with E-state index in [0.29, 0.717) is 13.0 Å². The number of likely N-dealkylation sites (tertiary alicyclic amines) is 1. The molecule has 6 nitrogen and oxygen atoms in total. The largest absolute Gasteiger partial charge is 0.453 e. The highest BCUT2D eigenvalue weighted by molar-refractivity contribution is 5.86. The molecule has 1 N–H and O–H groups in total. The number of rotatable bonds is 4. The standard InChI is InChI=1S/C13H21N3O3/c1-4-9(2)11(15-13(18)19-3)12(17)16-7-5-6-10(16)8-14/h9-11H,4-7H2,1-3H3,(H,15,18). The van der Waals surface area contributed by atoms with Crippen molar-refractivity contribution < 1.29 is 14.3 Å². The Kier molecular flexibility index (Phi) is 5.61. The van der Waals surface area contributed by atoms with Crippen LogP contribution < -0.4 is 5.32 Å². The molecule has 0 aromatic carbocycles. The van der Waals surface area contributed by atoms with Crippen LogP contribution in [0.3, 0.4) is 0 Å². The zero-order valence-electron chi connectivity index (χ0n) is 11.7. The molecule has 0 aromatic heterocycles. The van der Waals surface area contributed by atoms with E-state index in [2.05, 4.69) is 16.1 Å². The third kappa shape index (κ3) is 3.60. The summed E-state index contributed by atoms with van der Waals surface area (Å²) < 4.78 is 4.56. The van der Waals surface area contributed by atoms with Crippen LogP contribution in [-0.4, -0.2) is 42.6 Å². The van der Waals surface area contributed by atoms with Crippen LogP contribution in [0.5, 0.6) is 0 Å². The summed E-state index contributed by atoms with van der Waals surface area (Å²) in [5, 5.41) is 11.6. The summed E-state index contributed by atoms with van der Waals surface area (Å²) in [4.78, 5) is 25.4. The molecule has 3 atom stereocenters. The summed E-state index contributed by atoms with van der Waals surface area (Å²) >= 11 is 0. The fourth-order valence-electron chi connectivity index (χ4n) is 2.21. The predicted molar refractivity (Wildman–Crippen MR) is 69.1 cm³/mol. The van der Waals surface area contributed by atoms with Crippen molar-refractivity contribution in [1.82, 2.24) is 10.2 Å². The van der Waals surface area contributed by atoms with E-state index in [1.165, 1.54) is 7.11 Å². The van der Waals surface area contributed by atoms with Gasteiger partial charge in [-0.15, -0.1) is 0 Å². The van der Waals surface area contributed by atoms with Gasteiger partial charge in [0.05, 0.1) is 13.2 Å². The molecule has 0 saturated carbocycles. The lowest BCUT2D eigenvalue weighted by atomic mass is 9.97.